The van der Waals surface area contributed by atoms with Crippen LogP contribution in [-0.2, 0) is 9.84 Å². The number of aromatic nitrogens is 1. The van der Waals surface area contributed by atoms with Gasteiger partial charge in [-0.05, 0) is 37.2 Å². The summed E-state index contributed by atoms with van der Waals surface area (Å²) in [5, 5.41) is 3.37. The number of sulfone groups is 1. The van der Waals surface area contributed by atoms with Crippen molar-refractivity contribution in [3.63, 3.8) is 0 Å². The molecule has 3 heterocycles. The smallest absolute Gasteiger partial charge is 0.223 e. The van der Waals surface area contributed by atoms with Gasteiger partial charge in [0.15, 0.2) is 5.03 Å². The van der Waals surface area contributed by atoms with Crippen LogP contribution in [0.5, 0.6) is 5.75 Å². The average Bonchev–Trinajstić information content (AvgIpc) is 2.93. The van der Waals surface area contributed by atoms with Crippen LogP contribution in [0, 0.1) is 0 Å². The van der Waals surface area contributed by atoms with E-state index in [0.717, 1.165) is 25.1 Å². The van der Waals surface area contributed by atoms with Crippen LogP contribution < -0.4 is 10.1 Å². The van der Waals surface area contributed by atoms with E-state index < -0.39 is 9.84 Å². The summed E-state index contributed by atoms with van der Waals surface area (Å²) in [5.74, 6) is 1.05. The summed E-state index contributed by atoms with van der Waals surface area (Å²) in [6.45, 7) is 1.78. The zero-order valence-electron chi connectivity index (χ0n) is 11.9. The minimum atomic E-state index is -3.60. The van der Waals surface area contributed by atoms with Crippen molar-refractivity contribution >= 4 is 9.84 Å². The van der Waals surface area contributed by atoms with Crippen molar-refractivity contribution in [1.82, 2.24) is 10.3 Å². The predicted octanol–water partition coefficient (Wildman–Crippen LogP) is 1.75. The van der Waals surface area contributed by atoms with Gasteiger partial charge in [0.05, 0.1) is 4.90 Å². The SMILES string of the molecule is O=S(=O)(c1ccc2c(c1)OC1CNCCC21)c1ccccn1. The molecule has 1 saturated heterocycles. The van der Waals surface area contributed by atoms with E-state index in [9.17, 15) is 8.42 Å². The average molecular weight is 316 g/mol. The number of hydrogen-bond donors (Lipinski definition) is 1. The highest BCUT2D eigenvalue weighted by Crippen LogP contribution is 2.42. The third kappa shape index (κ3) is 2.10. The monoisotopic (exact) mass is 316 g/mol. The Balaban J connectivity index is 1.74. The number of nitrogens with zero attached hydrogens (tertiary/aromatic N) is 1. The Morgan fingerprint density at radius 1 is 1.23 bits per heavy atom. The summed E-state index contributed by atoms with van der Waals surface area (Å²) >= 11 is 0. The highest BCUT2D eigenvalue weighted by Gasteiger charge is 2.36. The molecular formula is C16H16N2O3S. The maximum atomic E-state index is 12.6. The number of benzene rings is 1. The molecule has 2 unspecified atom stereocenters. The maximum Gasteiger partial charge on any atom is 0.223 e. The van der Waals surface area contributed by atoms with Gasteiger partial charge in [-0.1, -0.05) is 12.1 Å². The number of piperidine rings is 1. The molecule has 0 saturated carbocycles. The van der Waals surface area contributed by atoms with Crippen LogP contribution in [0.2, 0.25) is 0 Å². The van der Waals surface area contributed by atoms with E-state index in [1.54, 1.807) is 24.3 Å². The van der Waals surface area contributed by atoms with Crippen molar-refractivity contribution in [2.45, 2.75) is 28.4 Å². The van der Waals surface area contributed by atoms with E-state index in [-0.39, 0.29) is 16.0 Å². The van der Waals surface area contributed by atoms with E-state index in [2.05, 4.69) is 10.3 Å². The summed E-state index contributed by atoms with van der Waals surface area (Å²) < 4.78 is 31.2. The van der Waals surface area contributed by atoms with Crippen molar-refractivity contribution in [2.75, 3.05) is 13.1 Å². The van der Waals surface area contributed by atoms with Gasteiger partial charge < -0.3 is 10.1 Å². The Morgan fingerprint density at radius 2 is 2.14 bits per heavy atom. The van der Waals surface area contributed by atoms with E-state index in [1.807, 2.05) is 6.07 Å². The van der Waals surface area contributed by atoms with Gasteiger partial charge in [0.25, 0.3) is 0 Å². The molecule has 0 bridgehead atoms. The molecule has 2 atom stereocenters. The van der Waals surface area contributed by atoms with Gasteiger partial charge in [0.2, 0.25) is 9.84 Å². The molecule has 0 aliphatic carbocycles. The zero-order chi connectivity index (χ0) is 15.2. The first-order chi connectivity index (χ1) is 10.7. The normalized spacial score (nSPS) is 23.5. The minimum absolute atomic E-state index is 0.0621. The van der Waals surface area contributed by atoms with Crippen LogP contribution in [0.15, 0.2) is 52.5 Å². The fraction of sp³-hybridized carbons (Fsp3) is 0.312. The summed E-state index contributed by atoms with van der Waals surface area (Å²) in [4.78, 5) is 4.19. The Bertz CT molecular complexity index is 805. The van der Waals surface area contributed by atoms with Crippen LogP contribution >= 0.6 is 0 Å². The maximum absolute atomic E-state index is 12.6. The second-order valence-electron chi connectivity index (χ2n) is 5.63. The molecule has 1 aromatic carbocycles. The Kier molecular flexibility index (Phi) is 3.16. The van der Waals surface area contributed by atoms with E-state index in [1.165, 1.54) is 12.3 Å². The number of ether oxygens (including phenoxy) is 1. The predicted molar refractivity (Wildman–Crippen MR) is 80.8 cm³/mol. The molecule has 114 valence electrons. The van der Waals surface area contributed by atoms with Crippen molar-refractivity contribution in [3.8, 4) is 5.75 Å². The van der Waals surface area contributed by atoms with E-state index in [0.29, 0.717) is 11.7 Å². The Morgan fingerprint density at radius 3 is 2.95 bits per heavy atom. The van der Waals surface area contributed by atoms with Crippen LogP contribution in [0.4, 0.5) is 0 Å². The third-order valence-electron chi connectivity index (χ3n) is 4.31. The van der Waals surface area contributed by atoms with Crippen LogP contribution in [-0.4, -0.2) is 32.6 Å². The standard InChI is InChI=1S/C16H16N2O3S/c19-22(20,16-3-1-2-7-18-16)11-4-5-12-13-6-8-17-10-15(13)21-14(12)9-11/h1-5,7,9,13,15,17H,6,8,10H2. The lowest BCUT2D eigenvalue weighted by molar-refractivity contribution is 0.176. The fourth-order valence-electron chi connectivity index (χ4n) is 3.19. The molecule has 4 rings (SSSR count). The third-order valence-corrected chi connectivity index (χ3v) is 5.98. The quantitative estimate of drug-likeness (QED) is 0.914. The zero-order valence-corrected chi connectivity index (χ0v) is 12.7. The topological polar surface area (TPSA) is 68.3 Å². The fourth-order valence-corrected chi connectivity index (χ4v) is 4.40. The molecule has 6 heteroatoms. The number of nitrogens with one attached hydrogen (secondary N) is 1. The Hall–Kier alpha value is -1.92. The summed E-state index contributed by atoms with van der Waals surface area (Å²) in [6.07, 6.45) is 2.61. The summed E-state index contributed by atoms with van der Waals surface area (Å²) in [5.41, 5.74) is 1.12. The molecule has 22 heavy (non-hydrogen) atoms. The first-order valence-corrected chi connectivity index (χ1v) is 8.82. The molecule has 0 spiro atoms. The van der Waals surface area contributed by atoms with Gasteiger partial charge >= 0.3 is 0 Å². The van der Waals surface area contributed by atoms with Gasteiger partial charge in [-0.25, -0.2) is 13.4 Å². The first kappa shape index (κ1) is 13.7. The number of hydrogen-bond acceptors (Lipinski definition) is 5. The van der Waals surface area contributed by atoms with Gasteiger partial charge in [-0.3, -0.25) is 0 Å². The van der Waals surface area contributed by atoms with Crippen molar-refractivity contribution < 1.29 is 13.2 Å². The Labute approximate surface area is 129 Å². The second-order valence-corrected chi connectivity index (χ2v) is 7.52. The highest BCUT2D eigenvalue weighted by molar-refractivity contribution is 7.91. The molecule has 1 aromatic heterocycles. The largest absolute Gasteiger partial charge is 0.488 e. The van der Waals surface area contributed by atoms with Crippen LogP contribution in [0.1, 0.15) is 17.9 Å². The molecule has 0 radical (unpaired) electrons. The molecule has 0 amide bonds. The van der Waals surface area contributed by atoms with E-state index >= 15 is 0 Å². The van der Waals surface area contributed by atoms with Gasteiger partial charge in [0, 0.05) is 24.2 Å². The first-order valence-electron chi connectivity index (χ1n) is 7.34. The summed E-state index contributed by atoms with van der Waals surface area (Å²) in [7, 11) is -3.60. The number of fused-ring (bicyclic) bond motifs is 3. The minimum Gasteiger partial charge on any atom is -0.488 e. The van der Waals surface area contributed by atoms with Crippen LogP contribution in [0.25, 0.3) is 0 Å². The van der Waals surface area contributed by atoms with Gasteiger partial charge in [-0.2, -0.15) is 0 Å². The van der Waals surface area contributed by atoms with Gasteiger partial charge in [-0.15, -0.1) is 0 Å². The summed E-state index contributed by atoms with van der Waals surface area (Å²) in [6, 6.07) is 10.1. The van der Waals surface area contributed by atoms with Crippen molar-refractivity contribution in [2.24, 2.45) is 0 Å². The molecule has 1 N–H and O–H groups in total. The van der Waals surface area contributed by atoms with Crippen molar-refractivity contribution in [1.29, 1.82) is 0 Å². The highest BCUT2D eigenvalue weighted by atomic mass is 32.2. The molecule has 1 fully saturated rings. The molecular weight excluding hydrogens is 300 g/mol. The van der Waals surface area contributed by atoms with E-state index in [4.69, 9.17) is 4.74 Å². The van der Waals surface area contributed by atoms with Gasteiger partial charge in [0.1, 0.15) is 11.9 Å². The lowest BCUT2D eigenvalue weighted by Gasteiger charge is -2.24. The molecule has 2 aliphatic rings. The lowest BCUT2D eigenvalue weighted by atomic mass is 9.90. The number of pyridine rings is 1. The van der Waals surface area contributed by atoms with Crippen molar-refractivity contribution in [3.05, 3.63) is 48.2 Å². The lowest BCUT2D eigenvalue weighted by Crippen LogP contribution is -2.39. The number of rotatable bonds is 2. The second kappa shape index (κ2) is 5.07. The molecule has 5 nitrogen and oxygen atoms in total. The van der Waals surface area contributed by atoms with Crippen LogP contribution in [0.3, 0.4) is 0 Å². The molecule has 2 aromatic rings. The molecule has 2 aliphatic heterocycles.